The number of carbonyl (C=O) groups excluding carboxylic acids is 3. The van der Waals surface area contributed by atoms with Gasteiger partial charge in [-0.3, -0.25) is 14.5 Å². The number of hydrogen-bond donors (Lipinski definition) is 1. The Kier molecular flexibility index (Phi) is 7.21. The Hall–Kier alpha value is -2.94. The number of piperidine rings is 1. The minimum atomic E-state index is -0.902. The number of rotatable bonds is 8. The van der Waals surface area contributed by atoms with Crippen LogP contribution in [0.25, 0.3) is 0 Å². The van der Waals surface area contributed by atoms with Gasteiger partial charge in [0.25, 0.3) is 11.8 Å². The Labute approximate surface area is 204 Å². The third kappa shape index (κ3) is 4.66. The highest BCUT2D eigenvalue weighted by Gasteiger charge is 2.54. The van der Waals surface area contributed by atoms with Crippen LogP contribution < -0.4 is 10.1 Å². The maximum absolute atomic E-state index is 13.5. The van der Waals surface area contributed by atoms with Crippen LogP contribution in [0.2, 0.25) is 0 Å². The van der Waals surface area contributed by atoms with Crippen molar-refractivity contribution >= 4 is 29.2 Å². The normalized spacial score (nSPS) is 22.1. The number of imide groups is 1. The van der Waals surface area contributed by atoms with Crippen molar-refractivity contribution in [1.82, 2.24) is 20.1 Å². The van der Waals surface area contributed by atoms with Crippen molar-refractivity contribution in [3.8, 4) is 5.75 Å². The van der Waals surface area contributed by atoms with E-state index in [2.05, 4.69) is 10.3 Å². The highest BCUT2D eigenvalue weighted by molar-refractivity contribution is 7.09. The minimum absolute atomic E-state index is 0.0153. The van der Waals surface area contributed by atoms with Crippen LogP contribution in [-0.4, -0.2) is 63.9 Å². The monoisotopic (exact) mass is 484 g/mol. The molecule has 1 aromatic carbocycles. The number of aryl methyl sites for hydroxylation is 1. The number of aromatic nitrogens is 1. The second-order valence-electron chi connectivity index (χ2n) is 9.00. The van der Waals surface area contributed by atoms with E-state index >= 15 is 0 Å². The molecule has 1 aromatic heterocycles. The molecule has 0 unspecified atom stereocenters. The summed E-state index contributed by atoms with van der Waals surface area (Å²) in [5.41, 5.74) is 1.83. The molecule has 8 nitrogen and oxygen atoms in total. The molecule has 182 valence electrons. The molecule has 2 aliphatic heterocycles. The van der Waals surface area contributed by atoms with Crippen LogP contribution in [0.4, 0.5) is 4.79 Å². The first-order valence-electron chi connectivity index (χ1n) is 11.9. The summed E-state index contributed by atoms with van der Waals surface area (Å²) in [7, 11) is 0. The lowest BCUT2D eigenvalue weighted by atomic mass is 9.75. The van der Waals surface area contributed by atoms with Gasteiger partial charge in [0.1, 0.15) is 11.3 Å². The van der Waals surface area contributed by atoms with Gasteiger partial charge in [0, 0.05) is 30.9 Å². The number of amides is 4. The Morgan fingerprint density at radius 2 is 1.97 bits per heavy atom. The van der Waals surface area contributed by atoms with E-state index in [0.29, 0.717) is 51.1 Å². The minimum Gasteiger partial charge on any atom is -0.481 e. The summed E-state index contributed by atoms with van der Waals surface area (Å²) in [5, 5.41) is 3.03. The van der Waals surface area contributed by atoms with Crippen molar-refractivity contribution in [2.24, 2.45) is 5.92 Å². The molecule has 9 heteroatoms. The van der Waals surface area contributed by atoms with Gasteiger partial charge >= 0.3 is 6.03 Å². The zero-order valence-corrected chi connectivity index (χ0v) is 20.8. The predicted octanol–water partition coefficient (Wildman–Crippen LogP) is 3.40. The van der Waals surface area contributed by atoms with Crippen molar-refractivity contribution in [2.45, 2.75) is 58.1 Å². The largest absolute Gasteiger partial charge is 0.481 e. The fraction of sp³-hybridized carbons (Fsp3) is 0.520. The summed E-state index contributed by atoms with van der Waals surface area (Å²) < 4.78 is 5.80. The van der Waals surface area contributed by atoms with Gasteiger partial charge in [-0.25, -0.2) is 9.78 Å². The third-order valence-corrected chi connectivity index (χ3v) is 8.07. The Morgan fingerprint density at radius 3 is 2.59 bits per heavy atom. The first-order valence-corrected chi connectivity index (χ1v) is 12.8. The van der Waals surface area contributed by atoms with Crippen LogP contribution in [0.15, 0.2) is 35.8 Å². The van der Waals surface area contributed by atoms with Crippen LogP contribution >= 0.6 is 11.3 Å². The van der Waals surface area contributed by atoms with Gasteiger partial charge in [0.05, 0.1) is 11.2 Å². The van der Waals surface area contributed by atoms with Crippen LogP contribution in [-0.2, 0) is 16.0 Å². The number of hydrogen-bond acceptors (Lipinski definition) is 6. The molecule has 0 radical (unpaired) electrons. The molecule has 0 saturated carbocycles. The number of likely N-dealkylation sites (tertiary alicyclic amines) is 1. The fourth-order valence-corrected chi connectivity index (χ4v) is 5.81. The zero-order valence-electron chi connectivity index (χ0n) is 20.0. The van der Waals surface area contributed by atoms with Gasteiger partial charge in [0.15, 0.2) is 6.10 Å². The highest BCUT2D eigenvalue weighted by Crippen LogP contribution is 2.36. The average molecular weight is 485 g/mol. The Morgan fingerprint density at radius 1 is 1.26 bits per heavy atom. The Balaban J connectivity index is 1.36. The maximum Gasteiger partial charge on any atom is 0.325 e. The topological polar surface area (TPSA) is 91.8 Å². The summed E-state index contributed by atoms with van der Waals surface area (Å²) in [6, 6.07) is 8.98. The highest BCUT2D eigenvalue weighted by atomic mass is 32.1. The smallest absolute Gasteiger partial charge is 0.325 e. The SMILES string of the molecule is CC[C@@]1(C2CCN(C(=O)[C@@H](C)Oc3ccccc3)CC2)NC(=O)N(CCc2scnc2C)C1=O. The molecule has 0 bridgehead atoms. The van der Waals surface area contributed by atoms with Crippen molar-refractivity contribution < 1.29 is 19.1 Å². The van der Waals surface area contributed by atoms with E-state index in [1.807, 2.05) is 44.2 Å². The van der Waals surface area contributed by atoms with Crippen molar-refractivity contribution in [1.29, 1.82) is 0 Å². The lowest BCUT2D eigenvalue weighted by Crippen LogP contribution is -2.57. The molecule has 2 aromatic rings. The van der Waals surface area contributed by atoms with Crippen molar-refractivity contribution in [2.75, 3.05) is 19.6 Å². The summed E-state index contributed by atoms with van der Waals surface area (Å²) in [5.74, 6) is 0.443. The standard InChI is InChI=1S/C25H32N4O4S/c1-4-25(23(31)29(24(32)27-25)15-12-21-17(2)26-16-34-21)19-10-13-28(14-11-19)22(30)18(3)33-20-8-6-5-7-9-20/h5-9,16,18-19H,4,10-15H2,1-3H3,(H,27,32)/t18-,25+/m1/s1. The van der Waals surface area contributed by atoms with Crippen LogP contribution in [0.1, 0.15) is 43.7 Å². The van der Waals surface area contributed by atoms with Crippen LogP contribution in [0.3, 0.4) is 0 Å². The van der Waals surface area contributed by atoms with E-state index in [1.54, 1.807) is 28.7 Å². The number of para-hydroxylation sites is 1. The molecule has 1 N–H and O–H groups in total. The number of nitrogens with one attached hydrogen (secondary N) is 1. The maximum atomic E-state index is 13.5. The van der Waals surface area contributed by atoms with E-state index < -0.39 is 11.6 Å². The second-order valence-corrected chi connectivity index (χ2v) is 9.93. The van der Waals surface area contributed by atoms with Crippen molar-refractivity contribution in [3.05, 3.63) is 46.4 Å². The van der Waals surface area contributed by atoms with E-state index in [-0.39, 0.29) is 23.8 Å². The molecule has 4 amide bonds. The number of nitrogens with zero attached hydrogens (tertiary/aromatic N) is 3. The van der Waals surface area contributed by atoms with Crippen molar-refractivity contribution in [3.63, 3.8) is 0 Å². The van der Waals surface area contributed by atoms with Crippen LogP contribution in [0.5, 0.6) is 5.75 Å². The second kappa shape index (κ2) is 10.1. The summed E-state index contributed by atoms with van der Waals surface area (Å²) in [4.78, 5) is 47.7. The number of benzene rings is 1. The number of carbonyl (C=O) groups is 3. The molecule has 0 aliphatic carbocycles. The quantitative estimate of drug-likeness (QED) is 0.580. The Bertz CT molecular complexity index is 1030. The van der Waals surface area contributed by atoms with Gasteiger partial charge < -0.3 is 15.0 Å². The average Bonchev–Trinajstić information content (AvgIpc) is 3.37. The molecule has 4 rings (SSSR count). The lowest BCUT2D eigenvalue weighted by Gasteiger charge is -2.41. The molecule has 2 saturated heterocycles. The molecule has 3 heterocycles. The lowest BCUT2D eigenvalue weighted by molar-refractivity contribution is -0.140. The molecule has 2 atom stereocenters. The number of urea groups is 1. The number of thiazole rings is 1. The molecule has 34 heavy (non-hydrogen) atoms. The third-order valence-electron chi connectivity index (χ3n) is 7.07. The molecule has 2 aliphatic rings. The van der Waals surface area contributed by atoms with Gasteiger partial charge in [-0.2, -0.15) is 0 Å². The van der Waals surface area contributed by atoms with Gasteiger partial charge in [-0.1, -0.05) is 25.1 Å². The van der Waals surface area contributed by atoms with Crippen LogP contribution in [0, 0.1) is 12.8 Å². The van der Waals surface area contributed by atoms with Gasteiger partial charge in [-0.15, -0.1) is 11.3 Å². The molecule has 0 spiro atoms. The first-order chi connectivity index (χ1) is 16.4. The van der Waals surface area contributed by atoms with E-state index in [1.165, 1.54) is 4.90 Å². The molecule has 2 fully saturated rings. The van der Waals surface area contributed by atoms with Gasteiger partial charge in [-0.05, 0) is 51.2 Å². The molecular formula is C25H32N4O4S. The summed E-state index contributed by atoms with van der Waals surface area (Å²) in [6.07, 6.45) is 1.87. The van der Waals surface area contributed by atoms with E-state index in [9.17, 15) is 14.4 Å². The van der Waals surface area contributed by atoms with E-state index in [0.717, 1.165) is 10.6 Å². The summed E-state index contributed by atoms with van der Waals surface area (Å²) >= 11 is 1.55. The molecular weight excluding hydrogens is 452 g/mol. The summed E-state index contributed by atoms with van der Waals surface area (Å²) in [6.45, 7) is 7.07. The van der Waals surface area contributed by atoms with E-state index in [4.69, 9.17) is 4.74 Å². The predicted molar refractivity (Wildman–Crippen MR) is 130 cm³/mol. The number of ether oxygens (including phenoxy) is 1. The zero-order chi connectivity index (χ0) is 24.3. The fourth-order valence-electron chi connectivity index (χ4n) is 5.04. The first kappa shape index (κ1) is 24.2. The van der Waals surface area contributed by atoms with Gasteiger partial charge in [0.2, 0.25) is 0 Å².